The molecule has 1 amide bonds. The van der Waals surface area contributed by atoms with Gasteiger partial charge in [0.25, 0.3) is 5.91 Å². The fraction of sp³-hybridized carbons (Fsp3) is 0.417. The molecule has 1 aliphatic rings. The number of hydrogen-bond acceptors (Lipinski definition) is 2. The third kappa shape index (κ3) is 4.12. The van der Waals surface area contributed by atoms with Gasteiger partial charge in [-0.05, 0) is 53.6 Å². The molecular formula is C12H14ClIN2O. The van der Waals surface area contributed by atoms with Gasteiger partial charge in [-0.3, -0.25) is 4.79 Å². The van der Waals surface area contributed by atoms with Crippen LogP contribution in [0, 0.1) is 3.57 Å². The van der Waals surface area contributed by atoms with Crippen molar-refractivity contribution in [2.24, 2.45) is 0 Å². The molecule has 1 saturated carbocycles. The van der Waals surface area contributed by atoms with E-state index >= 15 is 0 Å². The summed E-state index contributed by atoms with van der Waals surface area (Å²) in [4.78, 5) is 11.9. The van der Waals surface area contributed by atoms with Gasteiger partial charge in [-0.25, -0.2) is 0 Å². The van der Waals surface area contributed by atoms with Crippen LogP contribution in [0.25, 0.3) is 0 Å². The Hall–Kier alpha value is -0.330. The number of nitrogens with one attached hydrogen (secondary N) is 2. The minimum absolute atomic E-state index is 0.0607. The molecule has 0 aliphatic heterocycles. The first kappa shape index (κ1) is 13.1. The monoisotopic (exact) mass is 364 g/mol. The molecule has 0 bridgehead atoms. The fourth-order valence-electron chi connectivity index (χ4n) is 1.51. The molecule has 3 nitrogen and oxygen atoms in total. The summed E-state index contributed by atoms with van der Waals surface area (Å²) < 4.78 is 0.916. The lowest BCUT2D eigenvalue weighted by Gasteiger charge is -2.07. The van der Waals surface area contributed by atoms with Crippen molar-refractivity contribution in [2.75, 3.05) is 13.1 Å². The number of carbonyl (C=O) groups excluding carboxylic acids is 1. The van der Waals surface area contributed by atoms with Gasteiger partial charge >= 0.3 is 0 Å². The van der Waals surface area contributed by atoms with E-state index < -0.39 is 0 Å². The molecule has 0 atom stereocenters. The summed E-state index contributed by atoms with van der Waals surface area (Å²) in [5, 5.41) is 6.82. The van der Waals surface area contributed by atoms with Crippen molar-refractivity contribution in [1.29, 1.82) is 0 Å². The van der Waals surface area contributed by atoms with E-state index in [4.69, 9.17) is 11.6 Å². The van der Waals surface area contributed by atoms with Gasteiger partial charge in [-0.2, -0.15) is 0 Å². The second kappa shape index (κ2) is 6.02. The molecule has 0 saturated heterocycles. The van der Waals surface area contributed by atoms with Gasteiger partial charge in [0.2, 0.25) is 0 Å². The number of hydrogen-bond donors (Lipinski definition) is 2. The van der Waals surface area contributed by atoms with Gasteiger partial charge in [-0.1, -0.05) is 11.6 Å². The van der Waals surface area contributed by atoms with E-state index in [0.29, 0.717) is 23.2 Å². The van der Waals surface area contributed by atoms with E-state index in [1.165, 1.54) is 12.8 Å². The summed E-state index contributed by atoms with van der Waals surface area (Å²) in [6, 6.07) is 6.01. The maximum atomic E-state index is 11.9. The third-order valence-corrected chi connectivity index (χ3v) is 3.77. The molecule has 1 aliphatic carbocycles. The average molecular weight is 365 g/mol. The van der Waals surface area contributed by atoms with Crippen molar-refractivity contribution in [3.63, 3.8) is 0 Å². The molecule has 0 heterocycles. The number of amides is 1. The summed E-state index contributed by atoms with van der Waals surface area (Å²) in [7, 11) is 0. The Morgan fingerprint density at radius 2 is 2.18 bits per heavy atom. The summed E-state index contributed by atoms with van der Waals surface area (Å²) in [6.45, 7) is 1.48. The molecule has 2 rings (SSSR count). The topological polar surface area (TPSA) is 41.1 Å². The highest BCUT2D eigenvalue weighted by Gasteiger charge is 2.19. The Bertz CT molecular complexity index is 421. The Morgan fingerprint density at radius 3 is 2.88 bits per heavy atom. The van der Waals surface area contributed by atoms with Crippen LogP contribution in [0.1, 0.15) is 23.2 Å². The minimum Gasteiger partial charge on any atom is -0.351 e. The molecule has 0 unspecified atom stereocenters. The molecule has 92 valence electrons. The van der Waals surface area contributed by atoms with E-state index in [0.717, 1.165) is 10.1 Å². The van der Waals surface area contributed by atoms with Gasteiger partial charge in [0, 0.05) is 27.7 Å². The lowest BCUT2D eigenvalue weighted by atomic mass is 10.2. The maximum absolute atomic E-state index is 11.9. The highest BCUT2D eigenvalue weighted by Crippen LogP contribution is 2.18. The van der Waals surface area contributed by atoms with Crippen LogP contribution in [0.4, 0.5) is 0 Å². The Morgan fingerprint density at radius 1 is 1.41 bits per heavy atom. The molecule has 5 heteroatoms. The molecular weight excluding hydrogens is 351 g/mol. The van der Waals surface area contributed by atoms with Crippen LogP contribution in [0.3, 0.4) is 0 Å². The lowest BCUT2D eigenvalue weighted by Crippen LogP contribution is -2.33. The SMILES string of the molecule is O=C(NCCNC1CC1)c1cc(Cl)ccc1I. The number of benzene rings is 1. The number of carbonyl (C=O) groups is 1. The van der Waals surface area contributed by atoms with Gasteiger partial charge in [0.1, 0.15) is 0 Å². The molecule has 0 spiro atoms. The molecule has 0 aromatic heterocycles. The van der Waals surface area contributed by atoms with Crippen LogP contribution in [0.2, 0.25) is 5.02 Å². The van der Waals surface area contributed by atoms with Crippen molar-refractivity contribution in [1.82, 2.24) is 10.6 Å². The zero-order valence-corrected chi connectivity index (χ0v) is 12.2. The highest BCUT2D eigenvalue weighted by atomic mass is 127. The van der Waals surface area contributed by atoms with Gasteiger partial charge < -0.3 is 10.6 Å². The molecule has 2 N–H and O–H groups in total. The second-order valence-corrected chi connectivity index (χ2v) is 5.71. The van der Waals surface area contributed by atoms with Crippen LogP contribution in [-0.2, 0) is 0 Å². The third-order valence-electron chi connectivity index (χ3n) is 2.59. The number of halogens is 2. The van der Waals surface area contributed by atoms with E-state index in [9.17, 15) is 4.79 Å². The smallest absolute Gasteiger partial charge is 0.252 e. The summed E-state index contributed by atoms with van der Waals surface area (Å²) in [6.07, 6.45) is 2.53. The van der Waals surface area contributed by atoms with Crippen molar-refractivity contribution >= 4 is 40.1 Å². The average Bonchev–Trinajstić information content (AvgIpc) is 3.11. The Kier molecular flexibility index (Phi) is 4.64. The zero-order valence-electron chi connectivity index (χ0n) is 9.30. The van der Waals surface area contributed by atoms with E-state index in [-0.39, 0.29) is 5.91 Å². The predicted octanol–water partition coefficient (Wildman–Crippen LogP) is 2.43. The van der Waals surface area contributed by atoms with Gasteiger partial charge in [-0.15, -0.1) is 0 Å². The van der Waals surface area contributed by atoms with Crippen molar-refractivity contribution in [3.8, 4) is 0 Å². The van der Waals surface area contributed by atoms with Crippen LogP contribution in [0.15, 0.2) is 18.2 Å². The second-order valence-electron chi connectivity index (χ2n) is 4.11. The van der Waals surface area contributed by atoms with Crippen molar-refractivity contribution in [3.05, 3.63) is 32.4 Å². The van der Waals surface area contributed by atoms with Crippen molar-refractivity contribution < 1.29 is 4.79 Å². The molecule has 0 radical (unpaired) electrons. The molecule has 1 aromatic carbocycles. The Balaban J connectivity index is 1.82. The van der Waals surface area contributed by atoms with E-state index in [1.54, 1.807) is 12.1 Å². The predicted molar refractivity (Wildman–Crippen MR) is 77.5 cm³/mol. The Labute approximate surface area is 119 Å². The first-order valence-corrected chi connectivity index (χ1v) is 7.09. The van der Waals surface area contributed by atoms with Gasteiger partial charge in [0.15, 0.2) is 0 Å². The maximum Gasteiger partial charge on any atom is 0.252 e. The van der Waals surface area contributed by atoms with Crippen LogP contribution >= 0.6 is 34.2 Å². The minimum atomic E-state index is -0.0607. The molecule has 1 fully saturated rings. The summed E-state index contributed by atoms with van der Waals surface area (Å²) in [5.41, 5.74) is 0.643. The van der Waals surface area contributed by atoms with E-state index in [2.05, 4.69) is 33.2 Å². The largest absolute Gasteiger partial charge is 0.351 e. The standard InChI is InChI=1S/C12H14ClIN2O/c13-8-1-4-11(14)10(7-8)12(17)16-6-5-15-9-2-3-9/h1,4,7,9,15H,2-3,5-6H2,(H,16,17). The van der Waals surface area contributed by atoms with Crippen LogP contribution < -0.4 is 10.6 Å². The quantitative estimate of drug-likeness (QED) is 0.622. The fourth-order valence-corrected chi connectivity index (χ4v) is 2.26. The summed E-state index contributed by atoms with van der Waals surface area (Å²) >= 11 is 8.02. The lowest BCUT2D eigenvalue weighted by molar-refractivity contribution is 0.0953. The van der Waals surface area contributed by atoms with E-state index in [1.807, 2.05) is 6.07 Å². The zero-order chi connectivity index (χ0) is 12.3. The highest BCUT2D eigenvalue weighted by molar-refractivity contribution is 14.1. The normalized spacial score (nSPS) is 14.7. The van der Waals surface area contributed by atoms with Crippen LogP contribution in [0.5, 0.6) is 0 Å². The first-order chi connectivity index (χ1) is 8.16. The van der Waals surface area contributed by atoms with Crippen LogP contribution in [-0.4, -0.2) is 25.0 Å². The first-order valence-electron chi connectivity index (χ1n) is 5.63. The molecule has 17 heavy (non-hydrogen) atoms. The van der Waals surface area contributed by atoms with Gasteiger partial charge in [0.05, 0.1) is 5.56 Å². The summed E-state index contributed by atoms with van der Waals surface area (Å²) in [5.74, 6) is -0.0607. The van der Waals surface area contributed by atoms with Crippen molar-refractivity contribution in [2.45, 2.75) is 18.9 Å². The number of rotatable bonds is 5. The molecule has 1 aromatic rings.